The monoisotopic (exact) mass is 436 g/mol. The van der Waals surface area contributed by atoms with Crippen LogP contribution in [0.1, 0.15) is 40.5 Å². The van der Waals surface area contributed by atoms with Crippen molar-refractivity contribution in [3.8, 4) is 5.69 Å². The van der Waals surface area contributed by atoms with Crippen molar-refractivity contribution < 1.29 is 13.2 Å². The molecule has 0 spiro atoms. The topological polar surface area (TPSA) is 75.5 Å². The van der Waals surface area contributed by atoms with Crippen LogP contribution in [0, 0.1) is 0 Å². The smallest absolute Gasteiger partial charge is 0.277 e. The van der Waals surface area contributed by atoms with Crippen LogP contribution in [-0.2, 0) is 16.4 Å². The number of rotatable bonds is 5. The summed E-state index contributed by atoms with van der Waals surface area (Å²) in [6.45, 7) is 0.512. The first kappa shape index (κ1) is 20.0. The summed E-state index contributed by atoms with van der Waals surface area (Å²) in [5.41, 5.74) is 3.97. The van der Waals surface area contributed by atoms with Crippen molar-refractivity contribution in [2.75, 3.05) is 25.5 Å². The molecule has 1 fully saturated rings. The molecule has 31 heavy (non-hydrogen) atoms. The minimum absolute atomic E-state index is 0.120. The molecular weight excluding hydrogens is 412 g/mol. The minimum Gasteiger partial charge on any atom is -0.306 e. The summed E-state index contributed by atoms with van der Waals surface area (Å²) in [6.07, 6.45) is 2.83. The average Bonchev–Trinajstić information content (AvgIpc) is 3.38. The zero-order valence-corrected chi connectivity index (χ0v) is 18.3. The molecule has 0 unspecified atom stereocenters. The van der Waals surface area contributed by atoms with Crippen LogP contribution in [0.2, 0.25) is 0 Å². The van der Waals surface area contributed by atoms with E-state index in [-0.39, 0.29) is 10.8 Å². The number of hydrogen-bond donors (Lipinski definition) is 0. The van der Waals surface area contributed by atoms with Gasteiger partial charge in [-0.1, -0.05) is 18.2 Å². The van der Waals surface area contributed by atoms with E-state index in [1.807, 2.05) is 36.4 Å². The first-order chi connectivity index (χ1) is 14.9. The molecule has 3 aromatic rings. The van der Waals surface area contributed by atoms with E-state index in [1.54, 1.807) is 27.8 Å². The summed E-state index contributed by atoms with van der Waals surface area (Å²) in [4.78, 5) is 15.6. The van der Waals surface area contributed by atoms with Gasteiger partial charge in [0.05, 0.1) is 16.3 Å². The van der Waals surface area contributed by atoms with Crippen molar-refractivity contribution in [3.63, 3.8) is 0 Å². The summed E-state index contributed by atoms with van der Waals surface area (Å²) < 4.78 is 27.9. The second-order valence-electron chi connectivity index (χ2n) is 8.26. The maximum Gasteiger partial charge on any atom is 0.277 e. The van der Waals surface area contributed by atoms with Gasteiger partial charge >= 0.3 is 0 Å². The Morgan fingerprint density at radius 3 is 2.48 bits per heavy atom. The van der Waals surface area contributed by atoms with Crippen molar-refractivity contribution in [2.24, 2.45) is 0 Å². The predicted molar refractivity (Wildman–Crippen MR) is 118 cm³/mol. The molecule has 0 bridgehead atoms. The fourth-order valence-corrected chi connectivity index (χ4v) is 4.95. The predicted octanol–water partition coefficient (Wildman–Crippen LogP) is 3.20. The van der Waals surface area contributed by atoms with Gasteiger partial charge in [-0.3, -0.25) is 4.79 Å². The number of anilines is 1. The standard InChI is InChI=1S/C23H24N4O3S/c1-25(2)31(29,30)19-10-11-21-17(14-19)12-13-26(21)23(28)22-15-20(16-8-9-16)24-27(22)18-6-4-3-5-7-18/h3-7,10-11,14-16H,8-9,12-13H2,1-2H3. The second-order valence-corrected chi connectivity index (χ2v) is 10.4. The molecule has 8 heteroatoms. The Hall–Kier alpha value is -2.97. The highest BCUT2D eigenvalue weighted by atomic mass is 32.2. The van der Waals surface area contributed by atoms with Crippen LogP contribution in [-0.4, -0.2) is 49.1 Å². The van der Waals surface area contributed by atoms with Gasteiger partial charge in [0, 0.05) is 32.2 Å². The zero-order chi connectivity index (χ0) is 21.8. The number of hydrogen-bond acceptors (Lipinski definition) is 4. The fraction of sp³-hybridized carbons (Fsp3) is 0.304. The van der Waals surface area contributed by atoms with Gasteiger partial charge in [0.2, 0.25) is 10.0 Å². The lowest BCUT2D eigenvalue weighted by Crippen LogP contribution is -2.30. The lowest BCUT2D eigenvalue weighted by Gasteiger charge is -2.19. The van der Waals surface area contributed by atoms with Crippen molar-refractivity contribution in [2.45, 2.75) is 30.1 Å². The van der Waals surface area contributed by atoms with E-state index in [0.717, 1.165) is 35.5 Å². The maximum atomic E-state index is 13.6. The van der Waals surface area contributed by atoms with E-state index < -0.39 is 10.0 Å². The number of amides is 1. The Morgan fingerprint density at radius 1 is 1.06 bits per heavy atom. The molecule has 0 saturated heterocycles. The van der Waals surface area contributed by atoms with Crippen LogP contribution in [0.5, 0.6) is 0 Å². The van der Waals surface area contributed by atoms with Crippen LogP contribution >= 0.6 is 0 Å². The second kappa shape index (κ2) is 7.32. The number of benzene rings is 2. The van der Waals surface area contributed by atoms with E-state index >= 15 is 0 Å². The molecule has 0 atom stereocenters. The Labute approximate surface area is 182 Å². The summed E-state index contributed by atoms with van der Waals surface area (Å²) >= 11 is 0. The highest BCUT2D eigenvalue weighted by molar-refractivity contribution is 7.89. The van der Waals surface area contributed by atoms with Gasteiger partial charge in [-0.2, -0.15) is 5.10 Å². The summed E-state index contributed by atoms with van der Waals surface area (Å²) in [5.74, 6) is 0.311. The molecule has 0 radical (unpaired) electrons. The van der Waals surface area contributed by atoms with Gasteiger partial charge in [0.1, 0.15) is 5.69 Å². The largest absolute Gasteiger partial charge is 0.306 e. The lowest BCUT2D eigenvalue weighted by atomic mass is 10.2. The third kappa shape index (κ3) is 3.45. The lowest BCUT2D eigenvalue weighted by molar-refractivity contribution is 0.0982. The SMILES string of the molecule is CN(C)S(=O)(=O)c1ccc2c(c1)CCN2C(=O)c1cc(C2CC2)nn1-c1ccccc1. The fourth-order valence-electron chi connectivity index (χ4n) is 4.00. The molecule has 7 nitrogen and oxygen atoms in total. The van der Waals surface area contributed by atoms with E-state index in [9.17, 15) is 13.2 Å². The van der Waals surface area contributed by atoms with Gasteiger partial charge in [0.15, 0.2) is 0 Å². The molecule has 1 amide bonds. The molecule has 5 rings (SSSR count). The van der Waals surface area contributed by atoms with Crippen LogP contribution < -0.4 is 4.90 Å². The highest BCUT2D eigenvalue weighted by Crippen LogP contribution is 2.40. The van der Waals surface area contributed by atoms with Gasteiger partial charge in [-0.15, -0.1) is 0 Å². The number of nitrogens with zero attached hydrogens (tertiary/aromatic N) is 4. The van der Waals surface area contributed by atoms with Crippen LogP contribution in [0.15, 0.2) is 59.5 Å². The van der Waals surface area contributed by atoms with Crippen LogP contribution in [0.25, 0.3) is 5.69 Å². The van der Waals surface area contributed by atoms with Gasteiger partial charge in [-0.05, 0) is 61.2 Å². The molecule has 1 aromatic heterocycles. The number of carbonyl (C=O) groups is 1. The van der Waals surface area contributed by atoms with E-state index in [4.69, 9.17) is 5.10 Å². The number of carbonyl (C=O) groups excluding carboxylic acids is 1. The Morgan fingerprint density at radius 2 is 1.81 bits per heavy atom. The molecule has 0 N–H and O–H groups in total. The number of aromatic nitrogens is 2. The zero-order valence-electron chi connectivity index (χ0n) is 17.5. The first-order valence-corrected chi connectivity index (χ1v) is 11.8. The summed E-state index contributed by atoms with van der Waals surface area (Å²) in [5, 5.41) is 4.74. The van der Waals surface area contributed by atoms with Gasteiger partial charge < -0.3 is 4.90 Å². The molecule has 160 valence electrons. The van der Waals surface area contributed by atoms with E-state index in [0.29, 0.717) is 24.6 Å². The summed E-state index contributed by atoms with van der Waals surface area (Å²) in [6, 6.07) is 16.6. The molecule has 2 aliphatic rings. The maximum absolute atomic E-state index is 13.6. The molecular formula is C23H24N4O3S. The van der Waals surface area contributed by atoms with Crippen LogP contribution in [0.4, 0.5) is 5.69 Å². The minimum atomic E-state index is -3.51. The van der Waals surface area contributed by atoms with E-state index in [2.05, 4.69) is 0 Å². The Kier molecular flexibility index (Phi) is 4.71. The quantitative estimate of drug-likeness (QED) is 0.616. The summed E-state index contributed by atoms with van der Waals surface area (Å²) in [7, 11) is -0.486. The first-order valence-electron chi connectivity index (χ1n) is 10.4. The van der Waals surface area contributed by atoms with Crippen molar-refractivity contribution in [1.29, 1.82) is 0 Å². The number of sulfonamides is 1. The van der Waals surface area contributed by atoms with Crippen molar-refractivity contribution >= 4 is 21.6 Å². The molecule has 2 heterocycles. The molecule has 1 aliphatic heterocycles. The van der Waals surface area contributed by atoms with Crippen LogP contribution in [0.3, 0.4) is 0 Å². The van der Waals surface area contributed by atoms with Gasteiger partial charge in [0.25, 0.3) is 5.91 Å². The van der Waals surface area contributed by atoms with Crippen molar-refractivity contribution in [3.05, 3.63) is 71.5 Å². The third-order valence-corrected chi connectivity index (χ3v) is 7.73. The normalized spacial score (nSPS) is 16.0. The number of para-hydroxylation sites is 1. The third-order valence-electron chi connectivity index (χ3n) is 5.91. The Bertz CT molecular complexity index is 1260. The average molecular weight is 437 g/mol. The van der Waals surface area contributed by atoms with Gasteiger partial charge in [-0.25, -0.2) is 17.4 Å². The molecule has 1 aliphatic carbocycles. The molecule has 1 saturated carbocycles. The molecule has 2 aromatic carbocycles. The highest BCUT2D eigenvalue weighted by Gasteiger charge is 2.33. The Balaban J connectivity index is 1.52. The number of fused-ring (bicyclic) bond motifs is 1. The van der Waals surface area contributed by atoms with E-state index in [1.165, 1.54) is 18.4 Å². The van der Waals surface area contributed by atoms with Crippen molar-refractivity contribution in [1.82, 2.24) is 14.1 Å².